The summed E-state index contributed by atoms with van der Waals surface area (Å²) in [6.45, 7) is 4.31. The van der Waals surface area contributed by atoms with Crippen LogP contribution in [-0.4, -0.2) is 22.8 Å². The summed E-state index contributed by atoms with van der Waals surface area (Å²) in [7, 11) is 1.73. The van der Waals surface area contributed by atoms with Crippen LogP contribution < -0.4 is 5.73 Å². The lowest BCUT2D eigenvalue weighted by Gasteiger charge is -2.51. The first kappa shape index (κ1) is 12.4. The van der Waals surface area contributed by atoms with Crippen LogP contribution in [0.5, 0.6) is 0 Å². The third-order valence-electron chi connectivity index (χ3n) is 4.40. The number of nitrogens with two attached hydrogens (primary N) is 1. The Bertz CT molecular complexity index is 635. The minimum atomic E-state index is -0.292. The summed E-state index contributed by atoms with van der Waals surface area (Å²) in [6.07, 6.45) is 1.12. The predicted octanol–water partition coefficient (Wildman–Crippen LogP) is 2.74. The van der Waals surface area contributed by atoms with E-state index in [1.54, 1.807) is 13.2 Å². The van der Waals surface area contributed by atoms with E-state index in [0.29, 0.717) is 11.5 Å². The van der Waals surface area contributed by atoms with Crippen LogP contribution >= 0.6 is 0 Å². The minimum Gasteiger partial charge on any atom is -0.381 e. The van der Waals surface area contributed by atoms with Crippen molar-refractivity contribution in [1.82, 2.24) is 9.55 Å². The van der Waals surface area contributed by atoms with Crippen molar-refractivity contribution in [1.29, 1.82) is 0 Å². The van der Waals surface area contributed by atoms with Crippen molar-refractivity contribution < 1.29 is 9.13 Å². The summed E-state index contributed by atoms with van der Waals surface area (Å²) >= 11 is 0. The van der Waals surface area contributed by atoms with Crippen molar-refractivity contribution in [2.24, 2.45) is 5.41 Å². The second kappa shape index (κ2) is 3.93. The van der Waals surface area contributed by atoms with Crippen LogP contribution in [0.1, 0.15) is 26.3 Å². The van der Waals surface area contributed by atoms with E-state index in [1.165, 1.54) is 12.1 Å². The van der Waals surface area contributed by atoms with Gasteiger partial charge >= 0.3 is 0 Å². The molecule has 1 aromatic heterocycles. The van der Waals surface area contributed by atoms with Gasteiger partial charge in [0.1, 0.15) is 5.82 Å². The van der Waals surface area contributed by atoms with E-state index < -0.39 is 0 Å². The Labute approximate surface area is 111 Å². The molecule has 2 atom stereocenters. The van der Waals surface area contributed by atoms with Gasteiger partial charge in [-0.25, -0.2) is 9.37 Å². The van der Waals surface area contributed by atoms with Crippen molar-refractivity contribution in [2.45, 2.75) is 32.4 Å². The summed E-state index contributed by atoms with van der Waals surface area (Å²) in [4.78, 5) is 4.25. The van der Waals surface area contributed by atoms with E-state index in [4.69, 9.17) is 10.5 Å². The highest BCUT2D eigenvalue weighted by Crippen LogP contribution is 2.52. The second-order valence-corrected chi connectivity index (χ2v) is 5.77. The van der Waals surface area contributed by atoms with Crippen LogP contribution in [0, 0.1) is 11.2 Å². The van der Waals surface area contributed by atoms with Gasteiger partial charge in [-0.15, -0.1) is 0 Å². The van der Waals surface area contributed by atoms with E-state index in [0.717, 1.165) is 11.9 Å². The number of nitrogen functional groups attached to an aromatic ring is 1. The highest BCUT2D eigenvalue weighted by atomic mass is 19.1. The van der Waals surface area contributed by atoms with Gasteiger partial charge in [0, 0.05) is 24.6 Å². The molecule has 1 fully saturated rings. The molecule has 1 saturated carbocycles. The van der Waals surface area contributed by atoms with Crippen LogP contribution in [0.15, 0.2) is 18.2 Å². The van der Waals surface area contributed by atoms with E-state index >= 15 is 0 Å². The van der Waals surface area contributed by atoms with Gasteiger partial charge in [0.2, 0.25) is 5.95 Å². The topological polar surface area (TPSA) is 53.1 Å². The summed E-state index contributed by atoms with van der Waals surface area (Å²) in [5, 5.41) is 0. The van der Waals surface area contributed by atoms with Crippen LogP contribution in [0.25, 0.3) is 11.0 Å². The van der Waals surface area contributed by atoms with Crippen LogP contribution in [0.4, 0.5) is 10.3 Å². The summed E-state index contributed by atoms with van der Waals surface area (Å²) in [6, 6.07) is 4.83. The lowest BCUT2D eigenvalue weighted by molar-refractivity contribution is -0.110. The molecule has 2 aromatic rings. The number of nitrogens with zero attached hydrogens (tertiary/aromatic N) is 2. The molecular formula is C14H18FN3O. The Morgan fingerprint density at radius 3 is 2.84 bits per heavy atom. The van der Waals surface area contributed by atoms with Crippen LogP contribution in [0.3, 0.4) is 0 Å². The van der Waals surface area contributed by atoms with Gasteiger partial charge < -0.3 is 15.0 Å². The first-order valence-electron chi connectivity index (χ1n) is 6.41. The predicted molar refractivity (Wildman–Crippen MR) is 72.3 cm³/mol. The number of methoxy groups -OCH3 is 1. The van der Waals surface area contributed by atoms with Crippen molar-refractivity contribution in [3.05, 3.63) is 24.0 Å². The Kier molecular flexibility index (Phi) is 2.57. The maximum Gasteiger partial charge on any atom is 0.201 e. The number of hydrogen-bond donors (Lipinski definition) is 1. The molecule has 0 radical (unpaired) electrons. The maximum atomic E-state index is 13.2. The molecule has 19 heavy (non-hydrogen) atoms. The molecule has 0 saturated heterocycles. The Morgan fingerprint density at radius 1 is 1.47 bits per heavy atom. The molecule has 1 aliphatic carbocycles. The zero-order valence-electron chi connectivity index (χ0n) is 11.4. The van der Waals surface area contributed by atoms with Gasteiger partial charge in [-0.3, -0.25) is 0 Å². The van der Waals surface area contributed by atoms with Gasteiger partial charge in [0.05, 0.1) is 17.1 Å². The summed E-state index contributed by atoms with van der Waals surface area (Å²) < 4.78 is 20.7. The molecule has 3 rings (SSSR count). The molecule has 102 valence electrons. The van der Waals surface area contributed by atoms with Gasteiger partial charge in [-0.1, -0.05) is 13.8 Å². The highest BCUT2D eigenvalue weighted by Gasteiger charge is 2.50. The molecule has 2 unspecified atom stereocenters. The highest BCUT2D eigenvalue weighted by molar-refractivity contribution is 5.78. The molecule has 0 amide bonds. The van der Waals surface area contributed by atoms with Crippen molar-refractivity contribution >= 4 is 17.0 Å². The molecule has 0 spiro atoms. The number of hydrogen-bond acceptors (Lipinski definition) is 3. The van der Waals surface area contributed by atoms with E-state index in [9.17, 15) is 4.39 Å². The number of halogens is 1. The molecule has 1 aliphatic rings. The van der Waals surface area contributed by atoms with Crippen molar-refractivity contribution in [3.8, 4) is 0 Å². The maximum absolute atomic E-state index is 13.2. The average molecular weight is 263 g/mol. The largest absolute Gasteiger partial charge is 0.381 e. The first-order valence-corrected chi connectivity index (χ1v) is 6.41. The molecule has 4 nitrogen and oxygen atoms in total. The zero-order chi connectivity index (χ0) is 13.8. The van der Waals surface area contributed by atoms with Crippen molar-refractivity contribution in [2.75, 3.05) is 12.8 Å². The third-order valence-corrected chi connectivity index (χ3v) is 4.40. The minimum absolute atomic E-state index is 0.00904. The molecular weight excluding hydrogens is 245 g/mol. The standard InChI is InChI=1S/C14H18FN3O/c1-14(2)11(7-12(14)19-3)18-10-5-4-8(15)6-9(10)17-13(18)16/h4-6,11-12H,7H2,1-3H3,(H2,16,17). The van der Waals surface area contributed by atoms with Crippen LogP contribution in [-0.2, 0) is 4.74 Å². The SMILES string of the molecule is COC1CC(n2c(N)nc3cc(F)ccc32)C1(C)C. The number of ether oxygens (including phenoxy) is 1. The quantitative estimate of drug-likeness (QED) is 0.906. The van der Waals surface area contributed by atoms with E-state index in [2.05, 4.69) is 18.8 Å². The van der Waals surface area contributed by atoms with Gasteiger partial charge in [-0.05, 0) is 18.6 Å². The molecule has 2 N–H and O–H groups in total. The fourth-order valence-corrected chi connectivity index (χ4v) is 3.12. The van der Waals surface area contributed by atoms with Gasteiger partial charge in [0.15, 0.2) is 0 Å². The average Bonchev–Trinajstić information content (AvgIpc) is 2.64. The fraction of sp³-hybridized carbons (Fsp3) is 0.500. The Balaban J connectivity index is 2.09. The van der Waals surface area contributed by atoms with E-state index in [-0.39, 0.29) is 23.4 Å². The fourth-order valence-electron chi connectivity index (χ4n) is 3.12. The van der Waals surface area contributed by atoms with E-state index in [1.807, 2.05) is 4.57 Å². The normalized spacial score (nSPS) is 25.5. The monoisotopic (exact) mass is 263 g/mol. The smallest absolute Gasteiger partial charge is 0.201 e. The number of rotatable bonds is 2. The Morgan fingerprint density at radius 2 is 2.21 bits per heavy atom. The number of aromatic nitrogens is 2. The van der Waals surface area contributed by atoms with Crippen LogP contribution in [0.2, 0.25) is 0 Å². The zero-order valence-corrected chi connectivity index (χ0v) is 11.4. The lowest BCUT2D eigenvalue weighted by atomic mass is 9.64. The lowest BCUT2D eigenvalue weighted by Crippen LogP contribution is -2.51. The number of fused-ring (bicyclic) bond motifs is 1. The number of benzene rings is 1. The molecule has 1 heterocycles. The molecule has 1 aromatic carbocycles. The third kappa shape index (κ3) is 1.64. The Hall–Kier alpha value is -1.62. The molecule has 0 aliphatic heterocycles. The summed E-state index contributed by atoms with van der Waals surface area (Å²) in [5.41, 5.74) is 7.49. The number of anilines is 1. The molecule has 5 heteroatoms. The van der Waals surface area contributed by atoms with Gasteiger partial charge in [0.25, 0.3) is 0 Å². The second-order valence-electron chi connectivity index (χ2n) is 5.77. The van der Waals surface area contributed by atoms with Gasteiger partial charge in [-0.2, -0.15) is 0 Å². The first-order chi connectivity index (χ1) is 8.95. The summed E-state index contributed by atoms with van der Waals surface area (Å²) in [5.74, 6) is 0.146. The van der Waals surface area contributed by atoms with Crippen molar-refractivity contribution in [3.63, 3.8) is 0 Å². The number of imidazole rings is 1. The molecule has 0 bridgehead atoms.